The van der Waals surface area contributed by atoms with Gasteiger partial charge in [-0.25, -0.2) is 4.39 Å². The molecular formula is C23H15ClFN3O3. The van der Waals surface area contributed by atoms with Gasteiger partial charge in [-0.3, -0.25) is 19.4 Å². The number of benzene rings is 2. The highest BCUT2D eigenvalue weighted by Gasteiger charge is 2.29. The summed E-state index contributed by atoms with van der Waals surface area (Å²) in [5.74, 6) is -2.20. The summed E-state index contributed by atoms with van der Waals surface area (Å²) in [6, 6.07) is 12.0. The monoisotopic (exact) mass is 435 g/mol. The summed E-state index contributed by atoms with van der Waals surface area (Å²) >= 11 is 5.68. The SMILES string of the molecule is O=C1Nc2ccc(C(=O)NCc3cccnc3)cc2C(=O)C1=Cc1ccc(Cl)c(F)c1. The fourth-order valence-corrected chi connectivity index (χ4v) is 3.22. The van der Waals surface area contributed by atoms with E-state index in [1.54, 1.807) is 18.5 Å². The van der Waals surface area contributed by atoms with Gasteiger partial charge < -0.3 is 10.6 Å². The van der Waals surface area contributed by atoms with Crippen molar-refractivity contribution in [3.8, 4) is 0 Å². The summed E-state index contributed by atoms with van der Waals surface area (Å²) < 4.78 is 13.7. The molecule has 1 aromatic heterocycles. The quantitative estimate of drug-likeness (QED) is 0.478. The number of rotatable bonds is 4. The first-order valence-corrected chi connectivity index (χ1v) is 9.64. The molecule has 0 spiro atoms. The Kier molecular flexibility index (Phi) is 5.60. The van der Waals surface area contributed by atoms with Crippen molar-refractivity contribution in [1.82, 2.24) is 10.3 Å². The van der Waals surface area contributed by atoms with Crippen molar-refractivity contribution in [2.45, 2.75) is 6.54 Å². The standard InChI is InChI=1S/C23H15ClFN3O3/c24-18-5-3-13(9-19(18)25)8-17-21(29)16-10-15(4-6-20(16)28-23(17)31)22(30)27-12-14-2-1-7-26-11-14/h1-11H,12H2,(H,27,30)(H,28,31). The molecule has 2 aromatic carbocycles. The number of halogens is 2. The number of pyridine rings is 1. The number of Topliss-reactive ketones (excluding diaryl/α,β-unsaturated/α-hetero) is 1. The molecule has 0 fully saturated rings. The van der Waals surface area contributed by atoms with Crippen LogP contribution >= 0.6 is 11.6 Å². The van der Waals surface area contributed by atoms with Crippen LogP contribution in [0.3, 0.4) is 0 Å². The smallest absolute Gasteiger partial charge is 0.259 e. The van der Waals surface area contributed by atoms with Crippen molar-refractivity contribution in [2.24, 2.45) is 0 Å². The molecule has 2 amide bonds. The third-order valence-electron chi connectivity index (χ3n) is 4.69. The Bertz CT molecular complexity index is 1240. The minimum atomic E-state index is -0.660. The molecule has 0 aliphatic carbocycles. The second-order valence-corrected chi connectivity index (χ2v) is 7.23. The lowest BCUT2D eigenvalue weighted by molar-refractivity contribution is -0.112. The van der Waals surface area contributed by atoms with Crippen LogP contribution in [-0.2, 0) is 11.3 Å². The molecule has 0 atom stereocenters. The molecule has 4 rings (SSSR count). The van der Waals surface area contributed by atoms with E-state index in [4.69, 9.17) is 11.6 Å². The zero-order valence-corrected chi connectivity index (χ0v) is 16.7. The zero-order chi connectivity index (χ0) is 22.0. The minimum absolute atomic E-state index is 0.0612. The Hall–Kier alpha value is -3.84. The molecule has 2 heterocycles. The number of ketones is 1. The van der Waals surface area contributed by atoms with Crippen molar-refractivity contribution >= 4 is 41.0 Å². The number of aromatic nitrogens is 1. The molecule has 8 heteroatoms. The van der Waals surface area contributed by atoms with Gasteiger partial charge in [0.15, 0.2) is 0 Å². The molecule has 0 saturated heterocycles. The first-order chi connectivity index (χ1) is 14.9. The van der Waals surface area contributed by atoms with Gasteiger partial charge in [0.1, 0.15) is 5.82 Å². The summed E-state index contributed by atoms with van der Waals surface area (Å²) in [7, 11) is 0. The van der Waals surface area contributed by atoms with Gasteiger partial charge in [0, 0.05) is 30.1 Å². The molecule has 0 radical (unpaired) electrons. The fourth-order valence-electron chi connectivity index (χ4n) is 3.11. The number of anilines is 1. The number of hydrogen-bond donors (Lipinski definition) is 2. The molecule has 0 unspecified atom stereocenters. The molecule has 1 aliphatic heterocycles. The maximum absolute atomic E-state index is 13.7. The number of hydrogen-bond acceptors (Lipinski definition) is 4. The Labute approximate surface area is 181 Å². The Balaban J connectivity index is 1.59. The highest BCUT2D eigenvalue weighted by molar-refractivity contribution is 6.36. The number of amides is 2. The van der Waals surface area contributed by atoms with E-state index in [1.165, 1.54) is 36.4 Å². The van der Waals surface area contributed by atoms with Gasteiger partial charge in [-0.1, -0.05) is 23.7 Å². The second-order valence-electron chi connectivity index (χ2n) is 6.82. The average Bonchev–Trinajstić information content (AvgIpc) is 2.78. The van der Waals surface area contributed by atoms with Crippen LogP contribution < -0.4 is 10.6 Å². The molecule has 1 aliphatic rings. The van der Waals surface area contributed by atoms with Crippen LogP contribution in [0.4, 0.5) is 10.1 Å². The highest BCUT2D eigenvalue weighted by atomic mass is 35.5. The van der Waals surface area contributed by atoms with E-state index in [2.05, 4.69) is 15.6 Å². The molecule has 0 saturated carbocycles. The molecule has 3 aromatic rings. The van der Waals surface area contributed by atoms with E-state index in [0.717, 1.165) is 11.6 Å². The largest absolute Gasteiger partial charge is 0.348 e. The number of fused-ring (bicyclic) bond motifs is 1. The number of carbonyl (C=O) groups is 3. The van der Waals surface area contributed by atoms with Crippen molar-refractivity contribution in [2.75, 3.05) is 5.32 Å². The molecular weight excluding hydrogens is 421 g/mol. The minimum Gasteiger partial charge on any atom is -0.348 e. The van der Waals surface area contributed by atoms with Crippen LogP contribution in [0.1, 0.15) is 31.8 Å². The molecule has 31 heavy (non-hydrogen) atoms. The van der Waals surface area contributed by atoms with E-state index in [1.807, 2.05) is 6.07 Å². The normalized spacial score (nSPS) is 14.2. The first-order valence-electron chi connectivity index (χ1n) is 9.26. The summed E-state index contributed by atoms with van der Waals surface area (Å²) in [5.41, 5.74) is 1.73. The van der Waals surface area contributed by atoms with Crippen molar-refractivity contribution in [1.29, 1.82) is 0 Å². The predicted octanol–water partition coefficient (Wildman–Crippen LogP) is 4.02. The third kappa shape index (κ3) is 4.36. The maximum Gasteiger partial charge on any atom is 0.259 e. The van der Waals surface area contributed by atoms with Crippen LogP contribution in [0.25, 0.3) is 6.08 Å². The predicted molar refractivity (Wildman–Crippen MR) is 114 cm³/mol. The third-order valence-corrected chi connectivity index (χ3v) is 5.00. The summed E-state index contributed by atoms with van der Waals surface area (Å²) in [6.45, 7) is 0.279. The molecule has 0 bridgehead atoms. The number of carbonyl (C=O) groups excluding carboxylic acids is 3. The molecule has 6 nitrogen and oxygen atoms in total. The van der Waals surface area contributed by atoms with Gasteiger partial charge in [-0.15, -0.1) is 0 Å². The topological polar surface area (TPSA) is 88.2 Å². The zero-order valence-electron chi connectivity index (χ0n) is 16.0. The van der Waals surface area contributed by atoms with Gasteiger partial charge in [0.25, 0.3) is 11.8 Å². The van der Waals surface area contributed by atoms with Crippen LogP contribution in [-0.4, -0.2) is 22.6 Å². The lowest BCUT2D eigenvalue weighted by Crippen LogP contribution is -2.28. The summed E-state index contributed by atoms with van der Waals surface area (Å²) in [6.07, 6.45) is 4.57. The van der Waals surface area contributed by atoms with Gasteiger partial charge in [-0.05, 0) is 53.6 Å². The number of nitrogens with zero attached hydrogens (tertiary/aromatic N) is 1. The van der Waals surface area contributed by atoms with Crippen LogP contribution in [0.2, 0.25) is 5.02 Å². The van der Waals surface area contributed by atoms with Crippen LogP contribution in [0.15, 0.2) is 66.5 Å². The summed E-state index contributed by atoms with van der Waals surface area (Å²) in [4.78, 5) is 41.9. The van der Waals surface area contributed by atoms with E-state index >= 15 is 0 Å². The Morgan fingerprint density at radius 1 is 1.16 bits per heavy atom. The van der Waals surface area contributed by atoms with Crippen LogP contribution in [0.5, 0.6) is 0 Å². The molecule has 154 valence electrons. The van der Waals surface area contributed by atoms with E-state index in [-0.39, 0.29) is 34.2 Å². The fraction of sp³-hybridized carbons (Fsp3) is 0.0435. The van der Waals surface area contributed by atoms with E-state index in [0.29, 0.717) is 11.3 Å². The molecule has 2 N–H and O–H groups in total. The number of nitrogens with one attached hydrogen (secondary N) is 2. The van der Waals surface area contributed by atoms with Crippen molar-refractivity contribution < 1.29 is 18.8 Å². The second kappa shape index (κ2) is 8.49. The first kappa shape index (κ1) is 20.4. The lowest BCUT2D eigenvalue weighted by Gasteiger charge is -2.19. The van der Waals surface area contributed by atoms with Gasteiger partial charge in [-0.2, -0.15) is 0 Å². The van der Waals surface area contributed by atoms with Crippen molar-refractivity contribution in [3.05, 3.63) is 99.6 Å². The van der Waals surface area contributed by atoms with E-state index in [9.17, 15) is 18.8 Å². The average molecular weight is 436 g/mol. The van der Waals surface area contributed by atoms with Gasteiger partial charge in [0.05, 0.1) is 16.3 Å². The van der Waals surface area contributed by atoms with Gasteiger partial charge >= 0.3 is 0 Å². The lowest BCUT2D eigenvalue weighted by atomic mass is 9.93. The van der Waals surface area contributed by atoms with Crippen LogP contribution in [0, 0.1) is 5.82 Å². The maximum atomic E-state index is 13.7. The Morgan fingerprint density at radius 3 is 2.74 bits per heavy atom. The summed E-state index contributed by atoms with van der Waals surface area (Å²) in [5, 5.41) is 5.32. The van der Waals surface area contributed by atoms with E-state index < -0.39 is 17.5 Å². The Morgan fingerprint density at radius 2 is 2.00 bits per heavy atom. The highest BCUT2D eigenvalue weighted by Crippen LogP contribution is 2.28. The van der Waals surface area contributed by atoms with Crippen molar-refractivity contribution in [3.63, 3.8) is 0 Å². The van der Waals surface area contributed by atoms with Gasteiger partial charge in [0.2, 0.25) is 5.78 Å².